The van der Waals surface area contributed by atoms with Gasteiger partial charge in [-0.2, -0.15) is 13.2 Å². The summed E-state index contributed by atoms with van der Waals surface area (Å²) in [4.78, 5) is 0. The topological polar surface area (TPSA) is 21.3 Å². The molecule has 0 spiro atoms. The van der Waals surface area contributed by atoms with Crippen molar-refractivity contribution < 1.29 is 17.9 Å². The van der Waals surface area contributed by atoms with Crippen molar-refractivity contribution in [3.63, 3.8) is 0 Å². The number of rotatable bonds is 6. The molecule has 1 aliphatic rings. The van der Waals surface area contributed by atoms with Crippen molar-refractivity contribution >= 4 is 0 Å². The van der Waals surface area contributed by atoms with Crippen LogP contribution in [-0.2, 0) is 4.74 Å². The molecule has 15 heavy (non-hydrogen) atoms. The summed E-state index contributed by atoms with van der Waals surface area (Å²) in [5, 5.41) is 3.02. The van der Waals surface area contributed by atoms with E-state index in [1.54, 1.807) is 0 Å². The molecule has 0 aliphatic heterocycles. The molecule has 1 rings (SSSR count). The zero-order valence-electron chi connectivity index (χ0n) is 9.16. The molecule has 0 saturated heterocycles. The highest BCUT2D eigenvalue weighted by atomic mass is 19.4. The molecule has 5 heteroatoms. The standard InChI is InChI=1S/C10H18F3NO/c1-9(5-14-2,8-3-4-8)6-15-7-10(11,12)13/h8,14H,3-7H2,1-2H3. The summed E-state index contributed by atoms with van der Waals surface area (Å²) < 4.78 is 40.4. The van der Waals surface area contributed by atoms with Crippen molar-refractivity contribution in [2.45, 2.75) is 25.9 Å². The van der Waals surface area contributed by atoms with Crippen LogP contribution in [0.25, 0.3) is 0 Å². The summed E-state index contributed by atoms with van der Waals surface area (Å²) in [5.74, 6) is 0.512. The quantitative estimate of drug-likeness (QED) is 0.748. The Hall–Kier alpha value is -0.290. The molecule has 1 saturated carbocycles. The molecule has 1 fully saturated rings. The van der Waals surface area contributed by atoms with E-state index in [4.69, 9.17) is 4.74 Å². The number of hydrogen-bond donors (Lipinski definition) is 1. The maximum Gasteiger partial charge on any atom is 0.411 e. The van der Waals surface area contributed by atoms with Gasteiger partial charge in [0.05, 0.1) is 6.61 Å². The van der Waals surface area contributed by atoms with Crippen molar-refractivity contribution in [3.8, 4) is 0 Å². The van der Waals surface area contributed by atoms with E-state index in [1.165, 1.54) is 0 Å². The number of halogens is 3. The van der Waals surface area contributed by atoms with Gasteiger partial charge in [-0.3, -0.25) is 0 Å². The van der Waals surface area contributed by atoms with Crippen LogP contribution in [0.1, 0.15) is 19.8 Å². The second kappa shape index (κ2) is 4.70. The fraction of sp³-hybridized carbons (Fsp3) is 1.00. The highest BCUT2D eigenvalue weighted by Gasteiger charge is 2.41. The molecule has 0 aromatic carbocycles. The van der Waals surface area contributed by atoms with Crippen molar-refractivity contribution in [2.24, 2.45) is 11.3 Å². The highest BCUT2D eigenvalue weighted by molar-refractivity contribution is 4.92. The largest absolute Gasteiger partial charge is 0.411 e. The summed E-state index contributed by atoms with van der Waals surface area (Å²) >= 11 is 0. The van der Waals surface area contributed by atoms with Gasteiger partial charge in [0.15, 0.2) is 0 Å². The Morgan fingerprint density at radius 2 is 1.87 bits per heavy atom. The smallest absolute Gasteiger partial charge is 0.371 e. The number of nitrogens with one attached hydrogen (secondary N) is 1. The Labute approximate surface area is 88.2 Å². The van der Waals surface area contributed by atoms with Gasteiger partial charge in [-0.15, -0.1) is 0 Å². The van der Waals surface area contributed by atoms with E-state index in [0.717, 1.165) is 12.8 Å². The lowest BCUT2D eigenvalue weighted by atomic mass is 9.86. The van der Waals surface area contributed by atoms with Crippen LogP contribution < -0.4 is 5.32 Å². The van der Waals surface area contributed by atoms with E-state index in [-0.39, 0.29) is 12.0 Å². The summed E-state index contributed by atoms with van der Waals surface area (Å²) in [6.45, 7) is 1.73. The summed E-state index contributed by atoms with van der Waals surface area (Å²) in [7, 11) is 1.81. The first-order valence-corrected chi connectivity index (χ1v) is 5.16. The van der Waals surface area contributed by atoms with Crippen molar-refractivity contribution in [3.05, 3.63) is 0 Å². The van der Waals surface area contributed by atoms with Gasteiger partial charge in [0.25, 0.3) is 0 Å². The molecule has 1 aliphatic carbocycles. The first kappa shape index (κ1) is 12.8. The third kappa shape index (κ3) is 4.38. The van der Waals surface area contributed by atoms with Gasteiger partial charge >= 0.3 is 6.18 Å². The van der Waals surface area contributed by atoms with Crippen LogP contribution in [0.5, 0.6) is 0 Å². The average Bonchev–Trinajstić information content (AvgIpc) is 2.83. The molecule has 0 bridgehead atoms. The predicted molar refractivity (Wildman–Crippen MR) is 51.6 cm³/mol. The van der Waals surface area contributed by atoms with Gasteiger partial charge in [-0.25, -0.2) is 0 Å². The van der Waals surface area contributed by atoms with Crippen LogP contribution in [0.3, 0.4) is 0 Å². The third-order valence-electron chi connectivity index (χ3n) is 2.84. The predicted octanol–water partition coefficient (Wildman–Crippen LogP) is 2.20. The SMILES string of the molecule is CNCC(C)(COCC(F)(F)F)C1CC1. The van der Waals surface area contributed by atoms with Gasteiger partial charge < -0.3 is 10.1 Å². The van der Waals surface area contributed by atoms with Crippen LogP contribution >= 0.6 is 0 Å². The van der Waals surface area contributed by atoms with E-state index in [9.17, 15) is 13.2 Å². The minimum absolute atomic E-state index is 0.153. The van der Waals surface area contributed by atoms with Gasteiger partial charge in [0, 0.05) is 12.0 Å². The molecule has 1 unspecified atom stereocenters. The number of ether oxygens (including phenoxy) is 1. The summed E-state index contributed by atoms with van der Waals surface area (Å²) in [6.07, 6.45) is -2.01. The molecule has 1 N–H and O–H groups in total. The molecule has 2 nitrogen and oxygen atoms in total. The van der Waals surface area contributed by atoms with Crippen molar-refractivity contribution in [1.82, 2.24) is 5.32 Å². The molecule has 0 amide bonds. The lowest BCUT2D eigenvalue weighted by molar-refractivity contribution is -0.181. The molecular weight excluding hydrogens is 207 g/mol. The second-order valence-electron chi connectivity index (χ2n) is 4.57. The Kier molecular flexibility index (Phi) is 4.00. The van der Waals surface area contributed by atoms with Crippen molar-refractivity contribution in [2.75, 3.05) is 26.8 Å². The normalized spacial score (nSPS) is 21.4. The Balaban J connectivity index is 2.32. The minimum atomic E-state index is -4.22. The molecule has 0 radical (unpaired) electrons. The Bertz CT molecular complexity index is 203. The lowest BCUT2D eigenvalue weighted by Crippen LogP contribution is -2.37. The zero-order chi connectivity index (χ0) is 11.5. The number of hydrogen-bond acceptors (Lipinski definition) is 2. The summed E-state index contributed by atoms with van der Waals surface area (Å²) in [5.41, 5.74) is -0.153. The van der Waals surface area contributed by atoms with Crippen LogP contribution in [0.4, 0.5) is 13.2 Å². The fourth-order valence-corrected chi connectivity index (χ4v) is 1.90. The molecule has 1 atom stereocenters. The Morgan fingerprint density at radius 3 is 2.27 bits per heavy atom. The third-order valence-corrected chi connectivity index (χ3v) is 2.84. The lowest BCUT2D eigenvalue weighted by Gasteiger charge is -2.29. The van der Waals surface area contributed by atoms with E-state index in [2.05, 4.69) is 5.32 Å². The second-order valence-corrected chi connectivity index (χ2v) is 4.57. The van der Waals surface area contributed by atoms with E-state index >= 15 is 0 Å². The minimum Gasteiger partial charge on any atom is -0.371 e. The van der Waals surface area contributed by atoms with Crippen LogP contribution in [0, 0.1) is 11.3 Å². The van der Waals surface area contributed by atoms with Gasteiger partial charge in [0.2, 0.25) is 0 Å². The monoisotopic (exact) mass is 225 g/mol. The maximum absolute atomic E-state index is 11.9. The molecule has 0 heterocycles. The van der Waals surface area contributed by atoms with Gasteiger partial charge in [0.1, 0.15) is 6.61 Å². The average molecular weight is 225 g/mol. The molecule has 0 aromatic heterocycles. The zero-order valence-corrected chi connectivity index (χ0v) is 9.16. The first-order chi connectivity index (χ1) is 6.87. The van der Waals surface area contributed by atoms with E-state index in [1.807, 2.05) is 14.0 Å². The molecule has 90 valence electrons. The Morgan fingerprint density at radius 1 is 1.27 bits per heavy atom. The van der Waals surface area contributed by atoms with Crippen LogP contribution in [0.2, 0.25) is 0 Å². The number of alkyl halides is 3. The van der Waals surface area contributed by atoms with Crippen LogP contribution in [-0.4, -0.2) is 33.0 Å². The van der Waals surface area contributed by atoms with E-state index in [0.29, 0.717) is 12.5 Å². The van der Waals surface area contributed by atoms with Gasteiger partial charge in [-0.1, -0.05) is 6.92 Å². The maximum atomic E-state index is 11.9. The van der Waals surface area contributed by atoms with Crippen LogP contribution in [0.15, 0.2) is 0 Å². The van der Waals surface area contributed by atoms with E-state index < -0.39 is 12.8 Å². The van der Waals surface area contributed by atoms with Gasteiger partial charge in [-0.05, 0) is 25.8 Å². The fourth-order valence-electron chi connectivity index (χ4n) is 1.90. The first-order valence-electron chi connectivity index (χ1n) is 5.16. The molecular formula is C10H18F3NO. The molecule has 0 aromatic rings. The summed E-state index contributed by atoms with van der Waals surface area (Å²) in [6, 6.07) is 0. The van der Waals surface area contributed by atoms with Crippen molar-refractivity contribution in [1.29, 1.82) is 0 Å². The highest BCUT2D eigenvalue weighted by Crippen LogP contribution is 2.45.